The molecule has 2 aromatic heterocycles. The molecule has 8 heteroatoms. The molecule has 0 radical (unpaired) electrons. The van der Waals surface area contributed by atoms with Crippen molar-refractivity contribution in [1.29, 1.82) is 0 Å². The largest absolute Gasteiger partial charge is 0.299 e. The lowest BCUT2D eigenvalue weighted by Crippen LogP contribution is -2.29. The van der Waals surface area contributed by atoms with Gasteiger partial charge >= 0.3 is 0 Å². The van der Waals surface area contributed by atoms with E-state index < -0.39 is 0 Å². The number of amides is 1. The maximum atomic E-state index is 12.2. The zero-order chi connectivity index (χ0) is 17.8. The molecule has 3 rings (SSSR count). The molecule has 0 bridgehead atoms. The summed E-state index contributed by atoms with van der Waals surface area (Å²) in [6.07, 6.45) is 0.757. The molecule has 0 saturated heterocycles. The summed E-state index contributed by atoms with van der Waals surface area (Å²) in [5.74, 6) is -0.366. The Kier molecular flexibility index (Phi) is 4.99. The molecule has 2 heterocycles. The van der Waals surface area contributed by atoms with Crippen molar-refractivity contribution < 1.29 is 4.79 Å². The Balaban J connectivity index is 1.77. The fraction of sp³-hybridized carbons (Fsp3) is 0.235. The van der Waals surface area contributed by atoms with Gasteiger partial charge in [-0.2, -0.15) is 5.10 Å². The van der Waals surface area contributed by atoms with E-state index in [1.165, 1.54) is 17.4 Å². The van der Waals surface area contributed by atoms with Crippen molar-refractivity contribution >= 4 is 22.4 Å². The third-order valence-electron chi connectivity index (χ3n) is 3.52. The molecule has 0 aliphatic rings. The van der Waals surface area contributed by atoms with Crippen LogP contribution >= 0.6 is 11.3 Å². The first-order valence-corrected chi connectivity index (χ1v) is 8.64. The van der Waals surface area contributed by atoms with Crippen LogP contribution in [0.4, 0.5) is 5.13 Å². The predicted molar refractivity (Wildman–Crippen MR) is 96.6 cm³/mol. The summed E-state index contributed by atoms with van der Waals surface area (Å²) in [5, 5.41) is 16.0. The molecule has 25 heavy (non-hydrogen) atoms. The van der Waals surface area contributed by atoms with Crippen LogP contribution in [-0.2, 0) is 17.8 Å². The van der Waals surface area contributed by atoms with Gasteiger partial charge in [0.15, 0.2) is 0 Å². The highest BCUT2D eigenvalue weighted by Crippen LogP contribution is 2.16. The van der Waals surface area contributed by atoms with Gasteiger partial charge in [0, 0.05) is 11.6 Å². The lowest BCUT2D eigenvalue weighted by Gasteiger charge is -2.07. The number of nitrogens with zero attached hydrogens (tertiary/aromatic N) is 4. The first kappa shape index (κ1) is 17.0. The van der Waals surface area contributed by atoms with Crippen molar-refractivity contribution in [1.82, 2.24) is 20.0 Å². The van der Waals surface area contributed by atoms with Gasteiger partial charge in [0.1, 0.15) is 11.6 Å². The summed E-state index contributed by atoms with van der Waals surface area (Å²) in [7, 11) is 0. The van der Waals surface area contributed by atoms with E-state index in [9.17, 15) is 9.59 Å². The van der Waals surface area contributed by atoms with Crippen molar-refractivity contribution in [3.63, 3.8) is 0 Å². The van der Waals surface area contributed by atoms with Crippen LogP contribution in [0.5, 0.6) is 0 Å². The van der Waals surface area contributed by atoms with Crippen LogP contribution in [-0.4, -0.2) is 25.9 Å². The lowest BCUT2D eigenvalue weighted by molar-refractivity contribution is -0.117. The van der Waals surface area contributed by atoms with Crippen LogP contribution in [0.25, 0.3) is 11.3 Å². The molecule has 0 fully saturated rings. The Morgan fingerprint density at radius 3 is 2.60 bits per heavy atom. The number of rotatable bonds is 5. The topological polar surface area (TPSA) is 89.8 Å². The highest BCUT2D eigenvalue weighted by molar-refractivity contribution is 7.15. The Bertz CT molecular complexity index is 946. The number of nitrogens with one attached hydrogen (secondary N) is 1. The molecule has 0 spiro atoms. The van der Waals surface area contributed by atoms with Gasteiger partial charge in [-0.25, -0.2) is 4.68 Å². The second-order valence-corrected chi connectivity index (χ2v) is 6.55. The quantitative estimate of drug-likeness (QED) is 0.758. The number of hydrogen-bond donors (Lipinski definition) is 1. The van der Waals surface area contributed by atoms with Crippen molar-refractivity contribution in [3.8, 4) is 11.3 Å². The Hall–Kier alpha value is -2.87. The third kappa shape index (κ3) is 4.16. The number of aromatic nitrogens is 4. The minimum absolute atomic E-state index is 0.181. The van der Waals surface area contributed by atoms with Crippen LogP contribution in [0.1, 0.15) is 17.5 Å². The number of aryl methyl sites for hydroxylation is 2. The van der Waals surface area contributed by atoms with E-state index in [4.69, 9.17) is 0 Å². The first-order chi connectivity index (χ1) is 12.0. The molecule has 0 atom stereocenters. The van der Waals surface area contributed by atoms with Crippen LogP contribution in [0.3, 0.4) is 0 Å². The summed E-state index contributed by atoms with van der Waals surface area (Å²) in [4.78, 5) is 24.1. The first-order valence-electron chi connectivity index (χ1n) is 7.82. The van der Waals surface area contributed by atoms with Gasteiger partial charge in [0.05, 0.1) is 5.69 Å². The molecule has 1 N–H and O–H groups in total. The van der Waals surface area contributed by atoms with Crippen molar-refractivity contribution in [3.05, 3.63) is 57.3 Å². The molecule has 7 nitrogen and oxygen atoms in total. The monoisotopic (exact) mass is 355 g/mol. The molecule has 0 unspecified atom stereocenters. The SMILES string of the molecule is CCc1nnc(NC(=O)Cn2nc(-c3ccc(C)cc3)ccc2=O)s1. The van der Waals surface area contributed by atoms with E-state index >= 15 is 0 Å². The van der Waals surface area contributed by atoms with Crippen molar-refractivity contribution in [2.24, 2.45) is 0 Å². The second-order valence-electron chi connectivity index (χ2n) is 5.48. The molecule has 0 saturated carbocycles. The average molecular weight is 355 g/mol. The highest BCUT2D eigenvalue weighted by Gasteiger charge is 2.11. The molecule has 1 amide bonds. The van der Waals surface area contributed by atoms with E-state index in [-0.39, 0.29) is 18.0 Å². The fourth-order valence-corrected chi connectivity index (χ4v) is 2.88. The van der Waals surface area contributed by atoms with Gasteiger partial charge in [-0.05, 0) is 19.4 Å². The second kappa shape index (κ2) is 7.35. The Morgan fingerprint density at radius 2 is 1.92 bits per heavy atom. The number of hydrogen-bond acceptors (Lipinski definition) is 6. The summed E-state index contributed by atoms with van der Waals surface area (Å²) < 4.78 is 1.15. The molecule has 128 valence electrons. The van der Waals surface area contributed by atoms with Gasteiger partial charge in [0.2, 0.25) is 11.0 Å². The zero-order valence-corrected chi connectivity index (χ0v) is 14.7. The average Bonchev–Trinajstić information content (AvgIpc) is 3.05. The standard InChI is InChI=1S/C17H17N5O2S/c1-3-15-19-20-17(25-15)18-14(23)10-22-16(24)9-8-13(21-22)12-6-4-11(2)5-7-12/h4-9H,3,10H2,1-2H3,(H,18,20,23). The summed E-state index contributed by atoms with van der Waals surface area (Å²) in [6.45, 7) is 3.78. The van der Waals surface area contributed by atoms with Crippen LogP contribution in [0.2, 0.25) is 0 Å². The molecule has 3 aromatic rings. The van der Waals surface area contributed by atoms with Crippen LogP contribution in [0, 0.1) is 6.92 Å². The van der Waals surface area contributed by atoms with Crippen molar-refractivity contribution in [2.45, 2.75) is 26.8 Å². The predicted octanol–water partition coefficient (Wildman–Crippen LogP) is 2.27. The zero-order valence-electron chi connectivity index (χ0n) is 13.9. The minimum atomic E-state index is -0.366. The van der Waals surface area contributed by atoms with E-state index in [2.05, 4.69) is 20.6 Å². The van der Waals surface area contributed by atoms with Crippen LogP contribution in [0.15, 0.2) is 41.2 Å². The smallest absolute Gasteiger partial charge is 0.267 e. The van der Waals surface area contributed by atoms with E-state index in [0.29, 0.717) is 10.8 Å². The maximum Gasteiger partial charge on any atom is 0.267 e. The summed E-state index contributed by atoms with van der Waals surface area (Å²) in [5.41, 5.74) is 2.32. The highest BCUT2D eigenvalue weighted by atomic mass is 32.1. The van der Waals surface area contributed by atoms with Gasteiger partial charge in [0.25, 0.3) is 5.56 Å². The van der Waals surface area contributed by atoms with Gasteiger partial charge < -0.3 is 0 Å². The van der Waals surface area contributed by atoms with Crippen molar-refractivity contribution in [2.75, 3.05) is 5.32 Å². The number of carbonyl (C=O) groups excluding carboxylic acids is 1. The number of carbonyl (C=O) groups is 1. The molecule has 0 aliphatic carbocycles. The molecule has 0 aliphatic heterocycles. The van der Waals surface area contributed by atoms with Crippen LogP contribution < -0.4 is 10.9 Å². The van der Waals surface area contributed by atoms with Gasteiger partial charge in [-0.15, -0.1) is 10.2 Å². The van der Waals surface area contributed by atoms with E-state index in [1.807, 2.05) is 38.1 Å². The Labute approximate surface area is 148 Å². The maximum absolute atomic E-state index is 12.2. The summed E-state index contributed by atoms with van der Waals surface area (Å²) in [6, 6.07) is 10.9. The summed E-state index contributed by atoms with van der Waals surface area (Å²) >= 11 is 1.32. The fourth-order valence-electron chi connectivity index (χ4n) is 2.18. The van der Waals surface area contributed by atoms with E-state index in [1.54, 1.807) is 6.07 Å². The Morgan fingerprint density at radius 1 is 1.16 bits per heavy atom. The molecular formula is C17H17N5O2S. The normalized spacial score (nSPS) is 10.6. The molecular weight excluding hydrogens is 338 g/mol. The molecule has 1 aromatic carbocycles. The lowest BCUT2D eigenvalue weighted by atomic mass is 10.1. The van der Waals surface area contributed by atoms with Gasteiger partial charge in [-0.3, -0.25) is 14.9 Å². The van der Waals surface area contributed by atoms with Gasteiger partial charge in [-0.1, -0.05) is 48.1 Å². The van der Waals surface area contributed by atoms with E-state index in [0.717, 1.165) is 27.2 Å². The third-order valence-corrected chi connectivity index (χ3v) is 4.51. The minimum Gasteiger partial charge on any atom is -0.299 e. The number of anilines is 1. The number of benzene rings is 1.